The highest BCUT2D eigenvalue weighted by Gasteiger charge is 2.61. The van der Waals surface area contributed by atoms with Gasteiger partial charge in [-0.3, -0.25) is 4.90 Å². The molecule has 0 bridgehead atoms. The van der Waals surface area contributed by atoms with Gasteiger partial charge in [0.2, 0.25) is 0 Å². The molecule has 3 aliphatic rings. The Kier molecular flexibility index (Phi) is 6.77. The van der Waals surface area contributed by atoms with Crippen molar-refractivity contribution in [2.45, 2.75) is 75.9 Å². The monoisotopic (exact) mass is 495 g/mol. The largest absolute Gasteiger partial charge is 0.534 e. The number of alkyl halides is 3. The van der Waals surface area contributed by atoms with Crippen LogP contribution in [0.4, 0.5) is 13.2 Å². The molecule has 0 aromatic heterocycles. The van der Waals surface area contributed by atoms with Gasteiger partial charge in [-0.25, -0.2) is 0 Å². The molecule has 2 aliphatic carbocycles. The molecule has 2 aromatic carbocycles. The summed E-state index contributed by atoms with van der Waals surface area (Å²) in [5.41, 5.74) is -2.20. The maximum absolute atomic E-state index is 12.8. The number of nitrogens with zero attached hydrogens (tertiary/aromatic N) is 1. The molecule has 4 nitrogen and oxygen atoms in total. The Morgan fingerprint density at radius 2 is 1.79 bits per heavy atom. The minimum atomic E-state index is -5.68. The third kappa shape index (κ3) is 4.02. The Morgan fingerprint density at radius 1 is 1.09 bits per heavy atom. The molecular formula is C26H32F3NO3S. The SMILES string of the molecule is CC.CC1C2CCCCC23c2cc(OS(=O)(=O)C(F)(F)F)ccc2C3CN1Cc1ccccc1. The average molecular weight is 496 g/mol. The zero-order valence-electron chi connectivity index (χ0n) is 19.8. The number of hydrogen-bond donors (Lipinski definition) is 0. The van der Waals surface area contributed by atoms with Crippen LogP contribution in [0, 0.1) is 5.92 Å². The van der Waals surface area contributed by atoms with Gasteiger partial charge in [-0.2, -0.15) is 21.6 Å². The van der Waals surface area contributed by atoms with Crippen molar-refractivity contribution >= 4 is 10.1 Å². The quantitative estimate of drug-likeness (QED) is 0.365. The van der Waals surface area contributed by atoms with Gasteiger partial charge in [0.05, 0.1) is 0 Å². The molecule has 4 atom stereocenters. The molecular weight excluding hydrogens is 463 g/mol. The van der Waals surface area contributed by atoms with Crippen LogP contribution >= 0.6 is 0 Å². The molecule has 34 heavy (non-hydrogen) atoms. The smallest absolute Gasteiger partial charge is 0.376 e. The molecule has 4 unspecified atom stereocenters. The van der Waals surface area contributed by atoms with E-state index in [4.69, 9.17) is 0 Å². The van der Waals surface area contributed by atoms with Crippen molar-refractivity contribution in [1.29, 1.82) is 0 Å². The fraction of sp³-hybridized carbons (Fsp3) is 0.538. The number of hydrogen-bond acceptors (Lipinski definition) is 4. The Bertz CT molecular complexity index is 1120. The highest BCUT2D eigenvalue weighted by atomic mass is 32.2. The Balaban J connectivity index is 0.00000133. The van der Waals surface area contributed by atoms with Gasteiger partial charge in [0, 0.05) is 30.5 Å². The molecule has 0 N–H and O–H groups in total. The van der Waals surface area contributed by atoms with Gasteiger partial charge >= 0.3 is 15.6 Å². The van der Waals surface area contributed by atoms with Crippen LogP contribution in [0.2, 0.25) is 0 Å². The van der Waals surface area contributed by atoms with Crippen molar-refractivity contribution in [2.75, 3.05) is 6.54 Å². The van der Waals surface area contributed by atoms with E-state index < -0.39 is 15.6 Å². The van der Waals surface area contributed by atoms with Crippen molar-refractivity contribution in [3.8, 4) is 5.75 Å². The minimum absolute atomic E-state index is 0.110. The maximum Gasteiger partial charge on any atom is 0.534 e. The van der Waals surface area contributed by atoms with E-state index in [1.54, 1.807) is 12.1 Å². The second kappa shape index (κ2) is 9.19. The fourth-order valence-electron chi connectivity index (χ4n) is 6.46. The van der Waals surface area contributed by atoms with E-state index in [0.717, 1.165) is 49.9 Å². The highest BCUT2D eigenvalue weighted by Crippen LogP contribution is 2.65. The summed E-state index contributed by atoms with van der Waals surface area (Å²) in [7, 11) is -5.68. The van der Waals surface area contributed by atoms with Crippen LogP contribution < -0.4 is 4.18 Å². The van der Waals surface area contributed by atoms with Crippen LogP contribution in [0.25, 0.3) is 0 Å². The molecule has 1 saturated carbocycles. The number of rotatable bonds is 4. The summed E-state index contributed by atoms with van der Waals surface area (Å²) in [6.45, 7) is 8.01. The number of fused-ring (bicyclic) bond motifs is 2. The van der Waals surface area contributed by atoms with Gasteiger partial charge in [0.1, 0.15) is 5.75 Å². The van der Waals surface area contributed by atoms with E-state index in [0.29, 0.717) is 17.9 Å². The molecule has 0 amide bonds. The van der Waals surface area contributed by atoms with Gasteiger partial charge in [0.15, 0.2) is 0 Å². The van der Waals surface area contributed by atoms with Gasteiger partial charge in [-0.05, 0) is 54.5 Å². The lowest BCUT2D eigenvalue weighted by atomic mass is 9.44. The highest BCUT2D eigenvalue weighted by molar-refractivity contribution is 7.88. The summed E-state index contributed by atoms with van der Waals surface area (Å²) in [4.78, 5) is 2.52. The molecule has 1 heterocycles. The van der Waals surface area contributed by atoms with Crippen LogP contribution in [-0.2, 0) is 22.1 Å². The molecule has 1 spiro atoms. The van der Waals surface area contributed by atoms with Crippen LogP contribution in [0.3, 0.4) is 0 Å². The van der Waals surface area contributed by atoms with Crippen LogP contribution in [0.15, 0.2) is 48.5 Å². The molecule has 8 heteroatoms. The number of halogens is 3. The van der Waals surface area contributed by atoms with Crippen molar-refractivity contribution in [2.24, 2.45) is 5.92 Å². The van der Waals surface area contributed by atoms with Crippen molar-refractivity contribution in [3.05, 3.63) is 65.2 Å². The Morgan fingerprint density at radius 3 is 2.47 bits per heavy atom. The Hall–Kier alpha value is -2.06. The lowest BCUT2D eigenvalue weighted by molar-refractivity contribution is -0.0500. The second-order valence-corrected chi connectivity index (χ2v) is 10.9. The molecule has 2 aromatic rings. The molecule has 0 radical (unpaired) electrons. The lowest BCUT2D eigenvalue weighted by Crippen LogP contribution is -2.64. The average Bonchev–Trinajstić information content (AvgIpc) is 2.82. The predicted octanol–water partition coefficient (Wildman–Crippen LogP) is 6.37. The summed E-state index contributed by atoms with van der Waals surface area (Å²) < 4.78 is 65.9. The van der Waals surface area contributed by atoms with Crippen molar-refractivity contribution in [3.63, 3.8) is 0 Å². The summed E-state index contributed by atoms with van der Waals surface area (Å²) in [6.07, 6.45) is 4.25. The normalized spacial score (nSPS) is 28.4. The van der Waals surface area contributed by atoms with E-state index in [-0.39, 0.29) is 11.2 Å². The topological polar surface area (TPSA) is 46.6 Å². The van der Waals surface area contributed by atoms with Crippen LogP contribution in [0.5, 0.6) is 5.75 Å². The first kappa shape index (κ1) is 25.0. The Labute approximate surface area is 200 Å². The first-order valence-electron chi connectivity index (χ1n) is 12.1. The third-order valence-electron chi connectivity index (χ3n) is 7.83. The summed E-state index contributed by atoms with van der Waals surface area (Å²) >= 11 is 0. The van der Waals surface area contributed by atoms with Gasteiger partial charge < -0.3 is 4.18 Å². The first-order chi connectivity index (χ1) is 16.1. The predicted molar refractivity (Wildman–Crippen MR) is 126 cm³/mol. The van der Waals surface area contributed by atoms with Crippen LogP contribution in [0.1, 0.15) is 69.1 Å². The van der Waals surface area contributed by atoms with E-state index >= 15 is 0 Å². The first-order valence-corrected chi connectivity index (χ1v) is 13.5. The molecule has 186 valence electrons. The zero-order chi connectivity index (χ0) is 24.7. The lowest BCUT2D eigenvalue weighted by Gasteiger charge is -2.65. The fourth-order valence-corrected chi connectivity index (χ4v) is 6.91. The molecule has 1 saturated heterocycles. The third-order valence-corrected chi connectivity index (χ3v) is 8.81. The molecule has 2 fully saturated rings. The summed E-state index contributed by atoms with van der Waals surface area (Å²) in [5, 5.41) is 0. The number of likely N-dealkylation sites (tertiary alicyclic amines) is 1. The summed E-state index contributed by atoms with van der Waals surface area (Å²) in [6, 6.07) is 15.4. The van der Waals surface area contributed by atoms with Crippen LogP contribution in [-0.4, -0.2) is 31.4 Å². The maximum atomic E-state index is 12.8. The van der Waals surface area contributed by atoms with E-state index in [9.17, 15) is 21.6 Å². The van der Waals surface area contributed by atoms with E-state index in [1.165, 1.54) is 11.6 Å². The zero-order valence-corrected chi connectivity index (χ0v) is 20.6. The minimum Gasteiger partial charge on any atom is -0.376 e. The molecule has 1 aliphatic heterocycles. The van der Waals surface area contributed by atoms with Crippen molar-refractivity contribution < 1.29 is 25.8 Å². The van der Waals surface area contributed by atoms with Gasteiger partial charge in [-0.1, -0.05) is 63.1 Å². The second-order valence-electron chi connectivity index (χ2n) is 9.33. The van der Waals surface area contributed by atoms with Gasteiger partial charge in [0.25, 0.3) is 0 Å². The van der Waals surface area contributed by atoms with Crippen molar-refractivity contribution in [1.82, 2.24) is 4.90 Å². The van der Waals surface area contributed by atoms with E-state index in [2.05, 4.69) is 28.1 Å². The number of piperidine rings is 1. The number of benzene rings is 2. The molecule has 5 rings (SSSR count). The summed E-state index contributed by atoms with van der Waals surface area (Å²) in [5.74, 6) is 0.425. The standard InChI is InChI=1S/C24H26F3NO3S.C2H6/c1-16-20-9-5-6-12-23(20)21-13-18(31-32(29,30)24(25,26)27)10-11-19(21)22(23)15-28(16)14-17-7-3-2-4-8-17;1-2/h2-4,7-8,10-11,13,16,20,22H,5-6,9,12,14-15H2,1H3;1-2H3. The van der Waals surface area contributed by atoms with E-state index in [1.807, 2.05) is 32.0 Å². The van der Waals surface area contributed by atoms with Gasteiger partial charge in [-0.15, -0.1) is 0 Å².